The predicted molar refractivity (Wildman–Crippen MR) is 127 cm³/mol. The Morgan fingerprint density at radius 2 is 2.00 bits per heavy atom. The highest BCUT2D eigenvalue weighted by atomic mass is 35.5. The number of benzene rings is 1. The SMILES string of the molecule is CC1CCN(c2nnc(SCC(=O)NCCc3ccc(Cl)cc3)n2Cc2ccco2)CC1. The summed E-state index contributed by atoms with van der Waals surface area (Å²) in [5.74, 6) is 2.68. The summed E-state index contributed by atoms with van der Waals surface area (Å²) in [7, 11) is 0. The molecule has 1 N–H and O–H groups in total. The highest BCUT2D eigenvalue weighted by Gasteiger charge is 2.23. The third-order valence-corrected chi connectivity index (χ3v) is 6.86. The first-order chi connectivity index (χ1) is 15.6. The number of amides is 1. The van der Waals surface area contributed by atoms with Crippen molar-refractivity contribution in [3.8, 4) is 0 Å². The highest BCUT2D eigenvalue weighted by molar-refractivity contribution is 7.99. The van der Waals surface area contributed by atoms with Gasteiger partial charge < -0.3 is 14.6 Å². The fraction of sp³-hybridized carbons (Fsp3) is 0.435. The molecule has 3 heterocycles. The van der Waals surface area contributed by atoms with Crippen molar-refractivity contribution in [1.29, 1.82) is 0 Å². The molecule has 1 saturated heterocycles. The zero-order chi connectivity index (χ0) is 22.3. The molecule has 0 radical (unpaired) electrons. The first-order valence-electron chi connectivity index (χ1n) is 10.9. The van der Waals surface area contributed by atoms with Crippen molar-refractivity contribution in [3.05, 3.63) is 59.0 Å². The Hall–Kier alpha value is -2.45. The van der Waals surface area contributed by atoms with Crippen molar-refractivity contribution >= 4 is 35.2 Å². The monoisotopic (exact) mass is 473 g/mol. The van der Waals surface area contributed by atoms with E-state index in [2.05, 4.69) is 31.9 Å². The fourth-order valence-electron chi connectivity index (χ4n) is 3.71. The van der Waals surface area contributed by atoms with E-state index in [9.17, 15) is 4.79 Å². The van der Waals surface area contributed by atoms with Gasteiger partial charge in [0.05, 0.1) is 18.6 Å². The number of rotatable bonds is 9. The summed E-state index contributed by atoms with van der Waals surface area (Å²) in [6.07, 6.45) is 4.72. The molecule has 0 unspecified atom stereocenters. The number of nitrogens with zero attached hydrogens (tertiary/aromatic N) is 4. The highest BCUT2D eigenvalue weighted by Crippen LogP contribution is 2.27. The molecular formula is C23H28ClN5O2S. The Bertz CT molecular complexity index is 998. The van der Waals surface area contributed by atoms with Crippen LogP contribution in [0.3, 0.4) is 0 Å². The lowest BCUT2D eigenvalue weighted by atomic mass is 10.00. The molecule has 9 heteroatoms. The van der Waals surface area contributed by atoms with E-state index >= 15 is 0 Å². The van der Waals surface area contributed by atoms with Gasteiger partial charge in [-0.1, -0.05) is 42.4 Å². The van der Waals surface area contributed by atoms with Crippen LogP contribution in [-0.4, -0.2) is 46.1 Å². The Morgan fingerprint density at radius 1 is 1.22 bits per heavy atom. The number of halogens is 1. The first kappa shape index (κ1) is 22.7. The van der Waals surface area contributed by atoms with E-state index in [0.717, 1.165) is 60.7 Å². The normalized spacial score (nSPS) is 14.6. The summed E-state index contributed by atoms with van der Waals surface area (Å²) in [6, 6.07) is 11.5. The average molecular weight is 474 g/mol. The van der Waals surface area contributed by atoms with Crippen molar-refractivity contribution in [2.24, 2.45) is 5.92 Å². The van der Waals surface area contributed by atoms with Gasteiger partial charge in [-0.2, -0.15) is 0 Å². The van der Waals surface area contributed by atoms with Gasteiger partial charge in [0.25, 0.3) is 0 Å². The Labute approximate surface area is 197 Å². The van der Waals surface area contributed by atoms with E-state index in [-0.39, 0.29) is 11.7 Å². The maximum atomic E-state index is 12.4. The second-order valence-electron chi connectivity index (χ2n) is 8.13. The van der Waals surface area contributed by atoms with Crippen LogP contribution >= 0.6 is 23.4 Å². The first-order valence-corrected chi connectivity index (χ1v) is 12.3. The van der Waals surface area contributed by atoms with E-state index in [1.807, 2.05) is 36.4 Å². The molecule has 0 saturated carbocycles. The maximum absolute atomic E-state index is 12.4. The van der Waals surface area contributed by atoms with Gasteiger partial charge in [-0.05, 0) is 55.0 Å². The summed E-state index contributed by atoms with van der Waals surface area (Å²) in [4.78, 5) is 14.7. The van der Waals surface area contributed by atoms with Crippen LogP contribution in [-0.2, 0) is 17.8 Å². The fourth-order valence-corrected chi connectivity index (χ4v) is 4.59. The average Bonchev–Trinajstić information content (AvgIpc) is 3.45. The lowest BCUT2D eigenvalue weighted by molar-refractivity contribution is -0.118. The molecule has 7 nitrogen and oxygen atoms in total. The second-order valence-corrected chi connectivity index (χ2v) is 9.51. The topological polar surface area (TPSA) is 76.2 Å². The number of aromatic nitrogens is 3. The zero-order valence-corrected chi connectivity index (χ0v) is 19.7. The molecule has 170 valence electrons. The zero-order valence-electron chi connectivity index (χ0n) is 18.2. The van der Waals surface area contributed by atoms with Crippen LogP contribution in [0.2, 0.25) is 5.02 Å². The largest absolute Gasteiger partial charge is 0.467 e. The van der Waals surface area contributed by atoms with Gasteiger partial charge in [0.1, 0.15) is 5.76 Å². The van der Waals surface area contributed by atoms with Crippen LogP contribution in [0.1, 0.15) is 31.1 Å². The van der Waals surface area contributed by atoms with Crippen molar-refractivity contribution in [2.45, 2.75) is 37.9 Å². The summed E-state index contributed by atoms with van der Waals surface area (Å²) in [6.45, 7) is 5.34. The van der Waals surface area contributed by atoms with Crippen LogP contribution in [0.25, 0.3) is 0 Å². The van der Waals surface area contributed by atoms with Gasteiger partial charge in [-0.3, -0.25) is 9.36 Å². The number of thioether (sulfide) groups is 1. The Balaban J connectivity index is 1.35. The van der Waals surface area contributed by atoms with Gasteiger partial charge in [-0.25, -0.2) is 0 Å². The molecule has 0 bridgehead atoms. The number of hydrogen-bond acceptors (Lipinski definition) is 6. The van der Waals surface area contributed by atoms with Crippen LogP contribution < -0.4 is 10.2 Å². The molecule has 0 aliphatic carbocycles. The van der Waals surface area contributed by atoms with Crippen molar-refractivity contribution in [3.63, 3.8) is 0 Å². The van der Waals surface area contributed by atoms with Gasteiger partial charge in [0, 0.05) is 24.7 Å². The van der Waals surface area contributed by atoms with E-state index in [1.165, 1.54) is 11.8 Å². The lowest BCUT2D eigenvalue weighted by Gasteiger charge is -2.31. The number of nitrogens with one attached hydrogen (secondary N) is 1. The van der Waals surface area contributed by atoms with Crippen molar-refractivity contribution in [1.82, 2.24) is 20.1 Å². The van der Waals surface area contributed by atoms with Gasteiger partial charge in [0.15, 0.2) is 5.16 Å². The maximum Gasteiger partial charge on any atom is 0.230 e. The summed E-state index contributed by atoms with van der Waals surface area (Å²) in [5.41, 5.74) is 1.14. The van der Waals surface area contributed by atoms with E-state index in [1.54, 1.807) is 6.26 Å². The third kappa shape index (κ3) is 6.07. The van der Waals surface area contributed by atoms with Crippen LogP contribution in [0.15, 0.2) is 52.2 Å². The van der Waals surface area contributed by atoms with Gasteiger partial charge in [-0.15, -0.1) is 10.2 Å². The molecule has 1 fully saturated rings. The standard InChI is InChI=1S/C23H28ClN5O2S/c1-17-9-12-28(13-10-17)22-26-27-23(29(22)15-20-3-2-14-31-20)32-16-21(30)25-11-8-18-4-6-19(24)7-5-18/h2-7,14,17H,8-13,15-16H2,1H3,(H,25,30). The minimum absolute atomic E-state index is 0.0233. The molecule has 1 aliphatic rings. The number of anilines is 1. The molecule has 1 amide bonds. The van der Waals surface area contributed by atoms with Gasteiger partial charge in [0.2, 0.25) is 11.9 Å². The number of carbonyl (C=O) groups excluding carboxylic acids is 1. The number of piperidine rings is 1. The van der Waals surface area contributed by atoms with E-state index < -0.39 is 0 Å². The smallest absolute Gasteiger partial charge is 0.230 e. The van der Waals surface area contributed by atoms with E-state index in [0.29, 0.717) is 18.1 Å². The molecule has 4 rings (SSSR count). The summed E-state index contributed by atoms with van der Waals surface area (Å²) < 4.78 is 7.61. The lowest BCUT2D eigenvalue weighted by Crippen LogP contribution is -2.35. The summed E-state index contributed by atoms with van der Waals surface area (Å²) >= 11 is 7.32. The Kier molecular flexibility index (Phi) is 7.76. The van der Waals surface area contributed by atoms with Crippen molar-refractivity contribution in [2.75, 3.05) is 30.3 Å². The molecule has 32 heavy (non-hydrogen) atoms. The summed E-state index contributed by atoms with van der Waals surface area (Å²) in [5, 5.41) is 13.3. The molecule has 3 aromatic rings. The van der Waals surface area contributed by atoms with Crippen LogP contribution in [0.4, 0.5) is 5.95 Å². The minimum Gasteiger partial charge on any atom is -0.467 e. The molecule has 1 aromatic carbocycles. The number of hydrogen-bond donors (Lipinski definition) is 1. The number of carbonyl (C=O) groups is 1. The van der Waals surface area contributed by atoms with Crippen LogP contribution in [0.5, 0.6) is 0 Å². The van der Waals surface area contributed by atoms with Crippen LogP contribution in [0, 0.1) is 5.92 Å². The molecule has 0 spiro atoms. The number of furan rings is 1. The molecule has 2 aromatic heterocycles. The predicted octanol–water partition coefficient (Wildman–Crippen LogP) is 4.26. The van der Waals surface area contributed by atoms with Crippen molar-refractivity contribution < 1.29 is 9.21 Å². The Morgan fingerprint density at radius 3 is 2.72 bits per heavy atom. The molecular weight excluding hydrogens is 446 g/mol. The molecule has 0 atom stereocenters. The van der Waals surface area contributed by atoms with E-state index in [4.69, 9.17) is 16.0 Å². The third-order valence-electron chi connectivity index (χ3n) is 5.64. The van der Waals surface area contributed by atoms with Gasteiger partial charge >= 0.3 is 0 Å². The molecule has 1 aliphatic heterocycles. The second kappa shape index (κ2) is 10.9. The minimum atomic E-state index is -0.0233. The quantitative estimate of drug-likeness (QED) is 0.468.